The molecular weight excluding hydrogens is 170 g/mol. The Labute approximate surface area is 65.9 Å². The van der Waals surface area contributed by atoms with Gasteiger partial charge in [-0.3, -0.25) is 0 Å². The molecule has 1 aromatic rings. The zero-order chi connectivity index (χ0) is 8.27. The van der Waals surface area contributed by atoms with Gasteiger partial charge in [0.2, 0.25) is 17.2 Å². The fourth-order valence-corrected chi connectivity index (χ4v) is 0.601. The zero-order valence-corrected chi connectivity index (χ0v) is 5.89. The second kappa shape index (κ2) is 3.00. The van der Waals surface area contributed by atoms with Gasteiger partial charge >= 0.3 is 0 Å². The van der Waals surface area contributed by atoms with Crippen LogP contribution in [0.3, 0.4) is 0 Å². The number of hydrogen-bond acceptors (Lipinski definition) is 5. The average Bonchev–Trinajstić information content (AvgIpc) is 1.85. The van der Waals surface area contributed by atoms with E-state index in [0.29, 0.717) is 0 Å². The van der Waals surface area contributed by atoms with E-state index in [0.717, 1.165) is 0 Å². The van der Waals surface area contributed by atoms with Gasteiger partial charge in [0.05, 0.1) is 0 Å². The standard InChI is InChI=1S/C3H2ClN7/c4-1-7-2(5)9-3(8-1)10-11-6/h(H2,5,7,8,9). The Balaban J connectivity index is 3.18. The van der Waals surface area contributed by atoms with Crippen LogP contribution in [0.15, 0.2) is 5.11 Å². The number of nitrogens with two attached hydrogens (primary N) is 1. The maximum absolute atomic E-state index is 7.98. The van der Waals surface area contributed by atoms with Gasteiger partial charge in [0, 0.05) is 4.91 Å². The van der Waals surface area contributed by atoms with E-state index in [4.69, 9.17) is 22.9 Å². The van der Waals surface area contributed by atoms with E-state index in [1.54, 1.807) is 0 Å². The van der Waals surface area contributed by atoms with E-state index < -0.39 is 0 Å². The largest absolute Gasteiger partial charge is 0.368 e. The fraction of sp³-hybridized carbons (Fsp3) is 0. The second-order valence-electron chi connectivity index (χ2n) is 1.45. The number of halogens is 1. The zero-order valence-electron chi connectivity index (χ0n) is 5.14. The van der Waals surface area contributed by atoms with E-state index in [9.17, 15) is 0 Å². The molecule has 0 aromatic carbocycles. The molecule has 0 saturated heterocycles. The number of rotatable bonds is 1. The summed E-state index contributed by atoms with van der Waals surface area (Å²) in [5, 5.41) is 2.98. The molecule has 0 amide bonds. The summed E-state index contributed by atoms with van der Waals surface area (Å²) in [6.45, 7) is 0. The molecule has 1 rings (SSSR count). The summed E-state index contributed by atoms with van der Waals surface area (Å²) in [4.78, 5) is 12.8. The molecule has 2 N–H and O–H groups in total. The van der Waals surface area contributed by atoms with Crippen LogP contribution in [0.5, 0.6) is 0 Å². The molecule has 0 fully saturated rings. The summed E-state index contributed by atoms with van der Waals surface area (Å²) in [6.07, 6.45) is 0. The van der Waals surface area contributed by atoms with Crippen molar-refractivity contribution < 1.29 is 0 Å². The van der Waals surface area contributed by atoms with Crippen LogP contribution in [0, 0.1) is 0 Å². The molecule has 0 aliphatic carbocycles. The summed E-state index contributed by atoms with van der Waals surface area (Å²) >= 11 is 5.36. The van der Waals surface area contributed by atoms with Crippen molar-refractivity contribution in [2.24, 2.45) is 5.11 Å². The second-order valence-corrected chi connectivity index (χ2v) is 1.79. The molecule has 0 saturated carbocycles. The maximum Gasteiger partial charge on any atom is 0.227 e. The lowest BCUT2D eigenvalue weighted by molar-refractivity contribution is 1.04. The maximum atomic E-state index is 7.98. The molecule has 7 nitrogen and oxygen atoms in total. The average molecular weight is 172 g/mol. The first kappa shape index (κ1) is 7.52. The molecule has 0 bridgehead atoms. The molecule has 1 aromatic heterocycles. The minimum atomic E-state index is -0.134. The minimum Gasteiger partial charge on any atom is -0.368 e. The molecule has 0 unspecified atom stereocenters. The molecule has 8 heteroatoms. The lowest BCUT2D eigenvalue weighted by atomic mass is 10.9. The first-order valence-electron chi connectivity index (χ1n) is 2.44. The van der Waals surface area contributed by atoms with Crippen LogP contribution in [-0.2, 0) is 0 Å². The van der Waals surface area contributed by atoms with Gasteiger partial charge in [0.15, 0.2) is 0 Å². The van der Waals surface area contributed by atoms with Crippen molar-refractivity contribution in [3.63, 3.8) is 0 Å². The summed E-state index contributed by atoms with van der Waals surface area (Å²) in [7, 11) is 0. The SMILES string of the molecule is [N-]=[N+]=Nc1nc(N)nc(Cl)n1. The van der Waals surface area contributed by atoms with Crippen LogP contribution < -0.4 is 5.73 Å². The van der Waals surface area contributed by atoms with Gasteiger partial charge < -0.3 is 5.73 Å². The highest BCUT2D eigenvalue weighted by atomic mass is 35.5. The summed E-state index contributed by atoms with van der Waals surface area (Å²) in [6, 6.07) is 0. The van der Waals surface area contributed by atoms with Gasteiger partial charge in [-0.1, -0.05) is 0 Å². The molecule has 0 atom stereocenters. The monoisotopic (exact) mass is 171 g/mol. The quantitative estimate of drug-likeness (QED) is 0.386. The highest BCUT2D eigenvalue weighted by Crippen LogP contribution is 2.09. The molecule has 0 aliphatic heterocycles. The Bertz CT molecular complexity index is 295. The summed E-state index contributed by atoms with van der Waals surface area (Å²) in [5.41, 5.74) is 13.1. The van der Waals surface area contributed by atoms with Gasteiger partial charge in [-0.15, -0.1) is 0 Å². The Morgan fingerprint density at radius 2 is 2.18 bits per heavy atom. The highest BCUT2D eigenvalue weighted by Gasteiger charge is 1.97. The van der Waals surface area contributed by atoms with Crippen molar-refractivity contribution in [1.29, 1.82) is 0 Å². The molecule has 11 heavy (non-hydrogen) atoms. The third-order valence-corrected chi connectivity index (χ3v) is 0.917. The van der Waals surface area contributed by atoms with Crippen molar-refractivity contribution in [3.05, 3.63) is 15.7 Å². The third-order valence-electron chi connectivity index (χ3n) is 0.748. The molecular formula is C3H2ClN7. The van der Waals surface area contributed by atoms with Crippen LogP contribution in [0.2, 0.25) is 5.28 Å². The van der Waals surface area contributed by atoms with Crippen molar-refractivity contribution in [1.82, 2.24) is 15.0 Å². The van der Waals surface area contributed by atoms with E-state index in [2.05, 4.69) is 25.0 Å². The molecule has 0 spiro atoms. The predicted octanol–water partition coefficient (Wildman–Crippen LogP) is 1.05. The number of hydrogen-bond donors (Lipinski definition) is 1. The Morgan fingerprint density at radius 3 is 2.73 bits per heavy atom. The van der Waals surface area contributed by atoms with Gasteiger partial charge in [0.25, 0.3) is 0 Å². The topological polar surface area (TPSA) is 113 Å². The highest BCUT2D eigenvalue weighted by molar-refractivity contribution is 6.28. The van der Waals surface area contributed by atoms with Crippen molar-refractivity contribution in [2.45, 2.75) is 0 Å². The van der Waals surface area contributed by atoms with Crippen LogP contribution in [0.25, 0.3) is 10.4 Å². The predicted molar refractivity (Wildman–Crippen MR) is 38.1 cm³/mol. The molecule has 0 radical (unpaired) electrons. The van der Waals surface area contributed by atoms with Gasteiger partial charge in [-0.25, -0.2) is 0 Å². The van der Waals surface area contributed by atoms with Gasteiger partial charge in [-0.05, 0) is 22.2 Å². The van der Waals surface area contributed by atoms with Crippen LogP contribution in [-0.4, -0.2) is 15.0 Å². The summed E-state index contributed by atoms with van der Waals surface area (Å²) in [5.74, 6) is -0.211. The fourth-order valence-electron chi connectivity index (χ4n) is 0.439. The van der Waals surface area contributed by atoms with Crippen molar-refractivity contribution >= 4 is 23.5 Å². The Morgan fingerprint density at radius 1 is 1.45 bits per heavy atom. The van der Waals surface area contributed by atoms with Gasteiger partial charge in [0.1, 0.15) is 0 Å². The van der Waals surface area contributed by atoms with Crippen LogP contribution >= 0.6 is 11.6 Å². The van der Waals surface area contributed by atoms with Crippen molar-refractivity contribution in [2.75, 3.05) is 5.73 Å². The number of anilines is 1. The molecule has 56 valence electrons. The van der Waals surface area contributed by atoms with Crippen LogP contribution in [0.1, 0.15) is 0 Å². The Kier molecular flexibility index (Phi) is 2.05. The number of nitrogen functional groups attached to an aromatic ring is 1. The molecule has 0 aliphatic rings. The van der Waals surface area contributed by atoms with E-state index in [-0.39, 0.29) is 17.2 Å². The van der Waals surface area contributed by atoms with Crippen molar-refractivity contribution in [3.8, 4) is 0 Å². The molecule has 1 heterocycles. The van der Waals surface area contributed by atoms with E-state index in [1.165, 1.54) is 0 Å². The van der Waals surface area contributed by atoms with E-state index >= 15 is 0 Å². The number of aromatic nitrogens is 3. The van der Waals surface area contributed by atoms with E-state index in [1.807, 2.05) is 0 Å². The smallest absolute Gasteiger partial charge is 0.227 e. The third kappa shape index (κ3) is 1.92. The van der Waals surface area contributed by atoms with Gasteiger partial charge in [-0.2, -0.15) is 15.0 Å². The lowest BCUT2D eigenvalue weighted by Gasteiger charge is -1.92. The lowest BCUT2D eigenvalue weighted by Crippen LogP contribution is -1.96. The first-order valence-corrected chi connectivity index (χ1v) is 2.82. The normalized spacial score (nSPS) is 8.82. The first-order chi connectivity index (χ1) is 5.22. The summed E-state index contributed by atoms with van der Waals surface area (Å²) < 4.78 is 0. The number of azide groups is 1. The Hall–Kier alpha value is -1.59. The minimum absolute atomic E-state index is 0.0765. The van der Waals surface area contributed by atoms with Crippen LogP contribution in [0.4, 0.5) is 11.9 Å². The number of nitrogens with zero attached hydrogens (tertiary/aromatic N) is 6.